The van der Waals surface area contributed by atoms with Gasteiger partial charge in [-0.3, -0.25) is 0 Å². The minimum absolute atomic E-state index is 0.176. The summed E-state index contributed by atoms with van der Waals surface area (Å²) in [6, 6.07) is 0. The van der Waals surface area contributed by atoms with E-state index in [0.717, 1.165) is 12.2 Å². The SMILES string of the molecule is COc1c(N)ncnc1SCCCO. The van der Waals surface area contributed by atoms with Crippen molar-refractivity contribution in [2.75, 3.05) is 25.2 Å². The Hall–Kier alpha value is -1.01. The van der Waals surface area contributed by atoms with E-state index in [1.54, 1.807) is 0 Å². The molecule has 3 N–H and O–H groups in total. The number of hydrogen-bond acceptors (Lipinski definition) is 6. The lowest BCUT2D eigenvalue weighted by Crippen LogP contribution is -1.99. The van der Waals surface area contributed by atoms with Gasteiger partial charge in [-0.05, 0) is 6.42 Å². The average molecular weight is 215 g/mol. The highest BCUT2D eigenvalue weighted by Gasteiger charge is 2.09. The number of thioether (sulfide) groups is 1. The second-order valence-corrected chi connectivity index (χ2v) is 3.61. The zero-order valence-electron chi connectivity index (χ0n) is 7.93. The number of anilines is 1. The monoisotopic (exact) mass is 215 g/mol. The molecule has 14 heavy (non-hydrogen) atoms. The fourth-order valence-electron chi connectivity index (χ4n) is 0.898. The molecule has 0 aliphatic carbocycles. The summed E-state index contributed by atoms with van der Waals surface area (Å²) in [6.45, 7) is 0.176. The largest absolute Gasteiger partial charge is 0.490 e. The second kappa shape index (κ2) is 5.66. The summed E-state index contributed by atoms with van der Waals surface area (Å²) < 4.78 is 5.07. The molecule has 0 aromatic carbocycles. The van der Waals surface area contributed by atoms with E-state index in [2.05, 4.69) is 9.97 Å². The number of aromatic nitrogens is 2. The van der Waals surface area contributed by atoms with Crippen LogP contribution in [0.1, 0.15) is 6.42 Å². The lowest BCUT2D eigenvalue weighted by molar-refractivity contribution is 0.296. The smallest absolute Gasteiger partial charge is 0.193 e. The van der Waals surface area contributed by atoms with Crippen LogP contribution in [-0.2, 0) is 0 Å². The van der Waals surface area contributed by atoms with Crippen molar-refractivity contribution in [2.24, 2.45) is 0 Å². The van der Waals surface area contributed by atoms with Crippen LogP contribution in [0.4, 0.5) is 5.82 Å². The summed E-state index contributed by atoms with van der Waals surface area (Å²) >= 11 is 1.49. The number of nitrogen functional groups attached to an aromatic ring is 1. The van der Waals surface area contributed by atoms with Crippen LogP contribution in [-0.4, -0.2) is 34.5 Å². The molecule has 0 saturated carbocycles. The zero-order chi connectivity index (χ0) is 10.4. The molecule has 0 unspecified atom stereocenters. The first-order valence-corrected chi connectivity index (χ1v) is 5.16. The van der Waals surface area contributed by atoms with E-state index in [1.165, 1.54) is 25.2 Å². The Morgan fingerprint density at radius 2 is 2.36 bits per heavy atom. The number of nitrogens with two attached hydrogens (primary N) is 1. The van der Waals surface area contributed by atoms with Crippen LogP contribution in [0, 0.1) is 0 Å². The quantitative estimate of drug-likeness (QED) is 0.424. The highest BCUT2D eigenvalue weighted by Crippen LogP contribution is 2.30. The van der Waals surface area contributed by atoms with Gasteiger partial charge in [-0.15, -0.1) is 11.8 Å². The first-order chi connectivity index (χ1) is 6.79. The van der Waals surface area contributed by atoms with Crippen LogP contribution in [0.5, 0.6) is 5.75 Å². The number of aliphatic hydroxyl groups excluding tert-OH is 1. The van der Waals surface area contributed by atoms with Gasteiger partial charge in [0.2, 0.25) is 0 Å². The molecule has 0 saturated heterocycles. The normalized spacial score (nSPS) is 10.1. The van der Waals surface area contributed by atoms with Gasteiger partial charge in [0.25, 0.3) is 0 Å². The predicted molar refractivity (Wildman–Crippen MR) is 55.4 cm³/mol. The average Bonchev–Trinajstić information content (AvgIpc) is 2.18. The third-order valence-corrected chi connectivity index (χ3v) is 2.60. The summed E-state index contributed by atoms with van der Waals surface area (Å²) in [6.07, 6.45) is 2.12. The summed E-state index contributed by atoms with van der Waals surface area (Å²) in [5, 5.41) is 9.34. The van der Waals surface area contributed by atoms with Gasteiger partial charge < -0.3 is 15.6 Å². The van der Waals surface area contributed by atoms with Crippen molar-refractivity contribution in [3.8, 4) is 5.75 Å². The summed E-state index contributed by atoms with van der Waals surface area (Å²) in [4.78, 5) is 7.87. The predicted octanol–water partition coefficient (Wildman–Crippen LogP) is 0.542. The van der Waals surface area contributed by atoms with E-state index in [4.69, 9.17) is 15.6 Å². The van der Waals surface area contributed by atoms with Gasteiger partial charge in [-0.2, -0.15) is 0 Å². The molecule has 0 aliphatic heterocycles. The fraction of sp³-hybridized carbons (Fsp3) is 0.500. The van der Waals surface area contributed by atoms with Gasteiger partial charge in [-0.25, -0.2) is 9.97 Å². The molecule has 0 radical (unpaired) electrons. The van der Waals surface area contributed by atoms with E-state index >= 15 is 0 Å². The van der Waals surface area contributed by atoms with E-state index in [9.17, 15) is 0 Å². The van der Waals surface area contributed by atoms with Crippen molar-refractivity contribution in [3.63, 3.8) is 0 Å². The maximum atomic E-state index is 8.62. The molecule has 5 nitrogen and oxygen atoms in total. The number of aliphatic hydroxyl groups is 1. The molecule has 1 heterocycles. The zero-order valence-corrected chi connectivity index (χ0v) is 8.75. The van der Waals surface area contributed by atoms with Gasteiger partial charge in [-0.1, -0.05) is 0 Å². The maximum Gasteiger partial charge on any atom is 0.193 e. The van der Waals surface area contributed by atoms with Crippen LogP contribution < -0.4 is 10.5 Å². The second-order valence-electron chi connectivity index (χ2n) is 2.52. The maximum absolute atomic E-state index is 8.62. The molecule has 1 aromatic heterocycles. The third-order valence-electron chi connectivity index (χ3n) is 1.54. The molecule has 0 spiro atoms. The van der Waals surface area contributed by atoms with E-state index in [0.29, 0.717) is 16.6 Å². The third kappa shape index (κ3) is 2.74. The Labute approximate surface area is 86.7 Å². The van der Waals surface area contributed by atoms with Crippen molar-refractivity contribution >= 4 is 17.6 Å². The highest BCUT2D eigenvalue weighted by molar-refractivity contribution is 7.99. The lowest BCUT2D eigenvalue weighted by atomic mass is 10.5. The number of hydrogen-bond donors (Lipinski definition) is 2. The van der Waals surface area contributed by atoms with Gasteiger partial charge in [0.05, 0.1) is 7.11 Å². The fourth-order valence-corrected chi connectivity index (χ4v) is 1.81. The molecule has 0 fully saturated rings. The van der Waals surface area contributed by atoms with E-state index < -0.39 is 0 Å². The van der Waals surface area contributed by atoms with Crippen LogP contribution >= 0.6 is 11.8 Å². The molecule has 0 amide bonds. The summed E-state index contributed by atoms with van der Waals surface area (Å²) in [5.74, 6) is 1.63. The topological polar surface area (TPSA) is 81.3 Å². The first-order valence-electron chi connectivity index (χ1n) is 4.17. The number of ether oxygens (including phenoxy) is 1. The standard InChI is InChI=1S/C8H13N3O2S/c1-13-6-7(9)10-5-11-8(6)14-4-2-3-12/h5,12H,2-4H2,1H3,(H2,9,10,11). The molecule has 0 aliphatic rings. The Bertz CT molecular complexity index is 296. The molecule has 1 aromatic rings. The van der Waals surface area contributed by atoms with E-state index in [-0.39, 0.29) is 6.61 Å². The van der Waals surface area contributed by atoms with Crippen LogP contribution in [0.25, 0.3) is 0 Å². The molecule has 0 bridgehead atoms. The lowest BCUT2D eigenvalue weighted by Gasteiger charge is -2.07. The minimum atomic E-state index is 0.176. The van der Waals surface area contributed by atoms with Crippen molar-refractivity contribution in [3.05, 3.63) is 6.33 Å². The highest BCUT2D eigenvalue weighted by atomic mass is 32.2. The molecular formula is C8H13N3O2S. The summed E-state index contributed by atoms with van der Waals surface area (Å²) in [5.41, 5.74) is 5.60. The first kappa shape index (κ1) is 11.1. The Kier molecular flexibility index (Phi) is 4.48. The van der Waals surface area contributed by atoms with Crippen LogP contribution in [0.3, 0.4) is 0 Å². The van der Waals surface area contributed by atoms with Crippen molar-refractivity contribution in [2.45, 2.75) is 11.4 Å². The molecular weight excluding hydrogens is 202 g/mol. The van der Waals surface area contributed by atoms with Crippen molar-refractivity contribution in [1.82, 2.24) is 9.97 Å². The van der Waals surface area contributed by atoms with Gasteiger partial charge in [0.15, 0.2) is 11.6 Å². The molecule has 78 valence electrons. The number of nitrogens with zero attached hydrogens (tertiary/aromatic N) is 2. The number of methoxy groups -OCH3 is 1. The summed E-state index contributed by atoms with van der Waals surface area (Å²) in [7, 11) is 1.53. The Morgan fingerprint density at radius 3 is 3.00 bits per heavy atom. The van der Waals surface area contributed by atoms with Crippen LogP contribution in [0.15, 0.2) is 11.4 Å². The number of rotatable bonds is 5. The van der Waals surface area contributed by atoms with E-state index in [1.807, 2.05) is 0 Å². The van der Waals surface area contributed by atoms with Crippen LogP contribution in [0.2, 0.25) is 0 Å². The van der Waals surface area contributed by atoms with Gasteiger partial charge >= 0.3 is 0 Å². The minimum Gasteiger partial charge on any atom is -0.490 e. The Balaban J connectivity index is 2.70. The van der Waals surface area contributed by atoms with Crippen molar-refractivity contribution < 1.29 is 9.84 Å². The van der Waals surface area contributed by atoms with Gasteiger partial charge in [0.1, 0.15) is 11.4 Å². The molecule has 0 atom stereocenters. The van der Waals surface area contributed by atoms with Crippen molar-refractivity contribution in [1.29, 1.82) is 0 Å². The molecule has 6 heteroatoms. The van der Waals surface area contributed by atoms with Gasteiger partial charge in [0, 0.05) is 12.4 Å². The molecule has 1 rings (SSSR count). The Morgan fingerprint density at radius 1 is 1.57 bits per heavy atom.